The lowest BCUT2D eigenvalue weighted by atomic mass is 10.1. The van der Waals surface area contributed by atoms with E-state index in [2.05, 4.69) is 53.5 Å². The molecule has 7 nitrogen and oxygen atoms in total. The van der Waals surface area contributed by atoms with Crippen molar-refractivity contribution in [3.8, 4) is 0 Å². The van der Waals surface area contributed by atoms with Crippen LogP contribution in [0, 0.1) is 19.7 Å². The summed E-state index contributed by atoms with van der Waals surface area (Å²) >= 11 is 0. The minimum atomic E-state index is -0.370. The molecule has 8 heteroatoms. The van der Waals surface area contributed by atoms with Crippen LogP contribution in [0.2, 0.25) is 0 Å². The number of hydrogen-bond donors (Lipinski definition) is 2. The Labute approximate surface area is 216 Å². The number of carbonyl (C=O) groups excluding carboxylic acids is 1. The minimum Gasteiger partial charge on any atom is -0.365 e. The molecule has 1 fully saturated rings. The number of carbonyl (C=O) groups is 1. The fraction of sp³-hybridized carbons (Fsp3) is 0.276. The van der Waals surface area contributed by atoms with E-state index in [0.717, 1.165) is 60.0 Å². The average molecular weight is 499 g/mol. The molecule has 1 aliphatic rings. The number of piperazine rings is 1. The molecule has 0 radical (unpaired) electrons. The number of aromatic nitrogens is 2. The van der Waals surface area contributed by atoms with Crippen LogP contribution in [0.25, 0.3) is 10.9 Å². The molecule has 0 aliphatic carbocycles. The molecule has 0 bridgehead atoms. The fourth-order valence-electron chi connectivity index (χ4n) is 4.55. The molecule has 0 unspecified atom stereocenters. The van der Waals surface area contributed by atoms with Crippen LogP contribution in [0.4, 0.5) is 21.8 Å². The SMILES string of the molecule is Cc1cc(C)c2nc(N3CCN(C)CC3)nc(NCc3ccc(NC(=O)c4ccc(F)cc4)cc3)c2c1. The Hall–Kier alpha value is -4.04. The number of hydrogen-bond acceptors (Lipinski definition) is 6. The molecule has 1 aromatic heterocycles. The molecule has 2 heterocycles. The summed E-state index contributed by atoms with van der Waals surface area (Å²) in [5.74, 6) is 0.930. The molecule has 4 aromatic rings. The molecule has 0 atom stereocenters. The monoisotopic (exact) mass is 498 g/mol. The van der Waals surface area contributed by atoms with Crippen molar-refractivity contribution in [1.82, 2.24) is 14.9 Å². The summed E-state index contributed by atoms with van der Waals surface area (Å²) in [6.45, 7) is 8.53. The summed E-state index contributed by atoms with van der Waals surface area (Å²) < 4.78 is 13.1. The summed E-state index contributed by atoms with van der Waals surface area (Å²) in [7, 11) is 2.14. The Kier molecular flexibility index (Phi) is 7.01. The van der Waals surface area contributed by atoms with Gasteiger partial charge in [0.05, 0.1) is 5.52 Å². The fourth-order valence-corrected chi connectivity index (χ4v) is 4.55. The first-order chi connectivity index (χ1) is 17.9. The number of nitrogens with one attached hydrogen (secondary N) is 2. The second kappa shape index (κ2) is 10.5. The van der Waals surface area contributed by atoms with Gasteiger partial charge in [0.25, 0.3) is 5.91 Å². The standard InChI is InChI=1S/C29H31FN6O/c1-19-16-20(2)26-25(17-19)27(34-29(33-26)36-14-12-35(3)13-15-36)31-18-21-4-10-24(11-5-21)32-28(37)22-6-8-23(30)9-7-22/h4-11,16-17H,12-15,18H2,1-3H3,(H,32,37)(H,31,33,34). The molecule has 0 saturated carbocycles. The average Bonchev–Trinajstić information content (AvgIpc) is 2.89. The van der Waals surface area contributed by atoms with Gasteiger partial charge < -0.3 is 20.4 Å². The number of amides is 1. The van der Waals surface area contributed by atoms with Gasteiger partial charge in [0.15, 0.2) is 0 Å². The number of fused-ring (bicyclic) bond motifs is 1. The second-order valence-electron chi connectivity index (χ2n) is 9.65. The van der Waals surface area contributed by atoms with E-state index < -0.39 is 0 Å². The highest BCUT2D eigenvalue weighted by atomic mass is 19.1. The highest BCUT2D eigenvalue weighted by Crippen LogP contribution is 2.28. The summed E-state index contributed by atoms with van der Waals surface area (Å²) in [4.78, 5) is 26.9. The van der Waals surface area contributed by atoms with Crippen LogP contribution in [0.5, 0.6) is 0 Å². The van der Waals surface area contributed by atoms with Gasteiger partial charge in [-0.2, -0.15) is 4.98 Å². The molecular weight excluding hydrogens is 467 g/mol. The van der Waals surface area contributed by atoms with Gasteiger partial charge in [-0.1, -0.05) is 18.2 Å². The molecule has 0 spiro atoms. The number of likely N-dealkylation sites (N-methyl/N-ethyl adjacent to an activating group) is 1. The van der Waals surface area contributed by atoms with E-state index in [1.54, 1.807) is 0 Å². The Balaban J connectivity index is 1.33. The Bertz CT molecular complexity index is 1410. The number of benzene rings is 3. The molecular formula is C29H31FN6O. The predicted molar refractivity (Wildman–Crippen MR) is 147 cm³/mol. The maximum Gasteiger partial charge on any atom is 0.255 e. The topological polar surface area (TPSA) is 73.4 Å². The molecule has 3 aromatic carbocycles. The van der Waals surface area contributed by atoms with Crippen LogP contribution in [0.3, 0.4) is 0 Å². The second-order valence-corrected chi connectivity index (χ2v) is 9.65. The third-order valence-corrected chi connectivity index (χ3v) is 6.69. The lowest BCUT2D eigenvalue weighted by molar-refractivity contribution is 0.102. The van der Waals surface area contributed by atoms with Gasteiger partial charge in [-0.15, -0.1) is 0 Å². The minimum absolute atomic E-state index is 0.277. The van der Waals surface area contributed by atoms with E-state index in [1.165, 1.54) is 29.8 Å². The van der Waals surface area contributed by atoms with Gasteiger partial charge in [0.1, 0.15) is 11.6 Å². The lowest BCUT2D eigenvalue weighted by Crippen LogP contribution is -2.45. The number of halogens is 1. The van der Waals surface area contributed by atoms with Gasteiger partial charge in [-0.3, -0.25) is 4.79 Å². The molecule has 1 aliphatic heterocycles. The number of rotatable bonds is 6. The van der Waals surface area contributed by atoms with E-state index in [-0.39, 0.29) is 11.7 Å². The maximum atomic E-state index is 13.1. The quantitative estimate of drug-likeness (QED) is 0.390. The maximum absolute atomic E-state index is 13.1. The van der Waals surface area contributed by atoms with Crippen molar-refractivity contribution in [2.24, 2.45) is 0 Å². The third kappa shape index (κ3) is 5.70. The van der Waals surface area contributed by atoms with Gasteiger partial charge in [-0.25, -0.2) is 9.37 Å². The first-order valence-corrected chi connectivity index (χ1v) is 12.5. The van der Waals surface area contributed by atoms with Gasteiger partial charge in [-0.05, 0) is 80.1 Å². The molecule has 2 N–H and O–H groups in total. The van der Waals surface area contributed by atoms with Crippen LogP contribution < -0.4 is 15.5 Å². The first-order valence-electron chi connectivity index (χ1n) is 12.5. The highest BCUT2D eigenvalue weighted by molar-refractivity contribution is 6.04. The molecule has 37 heavy (non-hydrogen) atoms. The van der Waals surface area contributed by atoms with E-state index in [1.807, 2.05) is 24.3 Å². The molecule has 1 saturated heterocycles. The molecule has 190 valence electrons. The normalized spacial score (nSPS) is 14.1. The van der Waals surface area contributed by atoms with Crippen LogP contribution >= 0.6 is 0 Å². The summed E-state index contributed by atoms with van der Waals surface area (Å²) in [5, 5.41) is 7.39. The van der Waals surface area contributed by atoms with Crippen molar-refractivity contribution >= 4 is 34.3 Å². The zero-order valence-electron chi connectivity index (χ0n) is 21.4. The Morgan fingerprint density at radius 3 is 2.35 bits per heavy atom. The van der Waals surface area contributed by atoms with Gasteiger partial charge in [0.2, 0.25) is 5.95 Å². The number of anilines is 3. The number of nitrogens with zero attached hydrogens (tertiary/aromatic N) is 4. The van der Waals surface area contributed by atoms with Crippen molar-refractivity contribution in [3.05, 3.63) is 88.7 Å². The van der Waals surface area contributed by atoms with Crippen LogP contribution in [-0.2, 0) is 6.54 Å². The van der Waals surface area contributed by atoms with Crippen molar-refractivity contribution in [2.75, 3.05) is 48.8 Å². The molecule has 5 rings (SSSR count). The zero-order valence-corrected chi connectivity index (χ0v) is 21.4. The van der Waals surface area contributed by atoms with Crippen molar-refractivity contribution in [3.63, 3.8) is 0 Å². The summed E-state index contributed by atoms with van der Waals surface area (Å²) in [6.07, 6.45) is 0. The highest BCUT2D eigenvalue weighted by Gasteiger charge is 2.19. The van der Waals surface area contributed by atoms with Gasteiger partial charge >= 0.3 is 0 Å². The van der Waals surface area contributed by atoms with Crippen molar-refractivity contribution < 1.29 is 9.18 Å². The van der Waals surface area contributed by atoms with E-state index >= 15 is 0 Å². The van der Waals surface area contributed by atoms with E-state index in [4.69, 9.17) is 9.97 Å². The van der Waals surface area contributed by atoms with Crippen molar-refractivity contribution in [2.45, 2.75) is 20.4 Å². The van der Waals surface area contributed by atoms with Crippen LogP contribution in [0.1, 0.15) is 27.0 Å². The first kappa shape index (κ1) is 24.6. The summed E-state index contributed by atoms with van der Waals surface area (Å²) in [5.41, 5.74) is 5.41. The van der Waals surface area contributed by atoms with Crippen molar-refractivity contribution in [1.29, 1.82) is 0 Å². The van der Waals surface area contributed by atoms with Gasteiger partial charge in [0, 0.05) is 49.4 Å². The van der Waals surface area contributed by atoms with Crippen LogP contribution in [0.15, 0.2) is 60.7 Å². The predicted octanol–water partition coefficient (Wildman–Crippen LogP) is 5.00. The Morgan fingerprint density at radius 1 is 0.946 bits per heavy atom. The summed E-state index contributed by atoms with van der Waals surface area (Å²) in [6, 6.07) is 17.4. The largest absolute Gasteiger partial charge is 0.365 e. The Morgan fingerprint density at radius 2 is 1.65 bits per heavy atom. The zero-order chi connectivity index (χ0) is 25.9. The number of aryl methyl sites for hydroxylation is 2. The van der Waals surface area contributed by atoms with E-state index in [9.17, 15) is 9.18 Å². The van der Waals surface area contributed by atoms with Crippen LogP contribution in [-0.4, -0.2) is 54.0 Å². The van der Waals surface area contributed by atoms with E-state index in [0.29, 0.717) is 17.8 Å². The lowest BCUT2D eigenvalue weighted by Gasteiger charge is -2.32. The smallest absolute Gasteiger partial charge is 0.255 e. The third-order valence-electron chi connectivity index (χ3n) is 6.69. The molecule has 1 amide bonds.